The number of hydrogen-bond acceptors (Lipinski definition) is 3. The molecule has 4 nitrogen and oxygen atoms in total. The van der Waals surface area contributed by atoms with Crippen molar-refractivity contribution in [3.63, 3.8) is 0 Å². The second kappa shape index (κ2) is 6.65. The van der Waals surface area contributed by atoms with Crippen LogP contribution in [0.3, 0.4) is 0 Å². The van der Waals surface area contributed by atoms with Gasteiger partial charge in [-0.15, -0.1) is 0 Å². The molecule has 2 heterocycles. The van der Waals surface area contributed by atoms with Gasteiger partial charge in [-0.2, -0.15) is 0 Å². The molecule has 0 saturated carbocycles. The van der Waals surface area contributed by atoms with Gasteiger partial charge in [0.05, 0.1) is 19.4 Å². The summed E-state index contributed by atoms with van der Waals surface area (Å²) in [6.07, 6.45) is 4.14. The molecule has 0 amide bonds. The van der Waals surface area contributed by atoms with E-state index < -0.39 is 0 Å². The Bertz CT molecular complexity index is 872. The van der Waals surface area contributed by atoms with Gasteiger partial charge in [0.1, 0.15) is 5.75 Å². The van der Waals surface area contributed by atoms with Crippen LogP contribution in [0.25, 0.3) is 5.69 Å². The normalized spacial score (nSPS) is 17.0. The van der Waals surface area contributed by atoms with Crippen LogP contribution in [0.4, 0.5) is 5.69 Å². The molecule has 1 aliphatic heterocycles. The van der Waals surface area contributed by atoms with Crippen molar-refractivity contribution in [3.8, 4) is 11.4 Å². The molecule has 0 radical (unpaired) electrons. The van der Waals surface area contributed by atoms with Gasteiger partial charge in [0.25, 0.3) is 0 Å². The molecular weight excluding hydrogens is 312 g/mol. The molecule has 0 N–H and O–H groups in total. The van der Waals surface area contributed by atoms with Crippen LogP contribution >= 0.6 is 0 Å². The summed E-state index contributed by atoms with van der Waals surface area (Å²) in [5, 5.41) is 0. The van der Waals surface area contributed by atoms with E-state index in [2.05, 4.69) is 65.2 Å². The molecule has 1 saturated heterocycles. The molecule has 2 aromatic carbocycles. The van der Waals surface area contributed by atoms with Crippen LogP contribution in [0.5, 0.6) is 5.75 Å². The quantitative estimate of drug-likeness (QED) is 0.710. The number of aryl methyl sites for hydroxylation is 1. The molecule has 0 aliphatic carbocycles. The van der Waals surface area contributed by atoms with Crippen LogP contribution in [-0.4, -0.2) is 24.8 Å². The van der Waals surface area contributed by atoms with Gasteiger partial charge in [0, 0.05) is 30.2 Å². The number of methoxy groups -OCH3 is 1. The molecule has 4 rings (SSSR count). The van der Waals surface area contributed by atoms with Gasteiger partial charge in [-0.1, -0.05) is 24.3 Å². The maximum Gasteiger partial charge on any atom is 0.158 e. The summed E-state index contributed by atoms with van der Waals surface area (Å²) in [5.41, 5.74) is 4.62. The predicted octanol–water partition coefficient (Wildman–Crippen LogP) is 4.33. The lowest BCUT2D eigenvalue weighted by atomic mass is 10.2. The van der Waals surface area contributed by atoms with Crippen LogP contribution in [-0.2, 0) is 4.74 Å². The number of nitrogens with zero attached hydrogens (tertiary/aromatic N) is 2. The maximum atomic E-state index is 6.04. The Morgan fingerprint density at radius 2 is 1.96 bits per heavy atom. The van der Waals surface area contributed by atoms with Crippen LogP contribution in [0.1, 0.15) is 17.4 Å². The van der Waals surface area contributed by atoms with Gasteiger partial charge >= 0.3 is 0 Å². The highest BCUT2D eigenvalue weighted by Crippen LogP contribution is 2.37. The number of para-hydroxylation sites is 2. The molecule has 25 heavy (non-hydrogen) atoms. The highest BCUT2D eigenvalue weighted by atomic mass is 16.5. The summed E-state index contributed by atoms with van der Waals surface area (Å²) < 4.78 is 13.7. The van der Waals surface area contributed by atoms with Gasteiger partial charge in [-0.3, -0.25) is 0 Å². The molecule has 4 heteroatoms. The molecule has 1 aliphatic rings. The Balaban J connectivity index is 1.65. The maximum absolute atomic E-state index is 6.04. The summed E-state index contributed by atoms with van der Waals surface area (Å²) in [6.45, 7) is 3.66. The molecule has 1 atom stereocenters. The zero-order valence-electron chi connectivity index (χ0n) is 14.6. The number of hydrogen-bond donors (Lipinski definition) is 0. The number of rotatable bonds is 4. The third-order valence-corrected chi connectivity index (χ3v) is 4.59. The Hall–Kier alpha value is -2.72. The van der Waals surface area contributed by atoms with E-state index in [1.165, 1.54) is 5.56 Å². The average molecular weight is 334 g/mol. The minimum absolute atomic E-state index is 0.0950. The fourth-order valence-electron chi connectivity index (χ4n) is 3.37. The van der Waals surface area contributed by atoms with Gasteiger partial charge in [0.15, 0.2) is 6.23 Å². The van der Waals surface area contributed by atoms with Crippen molar-refractivity contribution in [1.82, 2.24) is 4.57 Å². The van der Waals surface area contributed by atoms with E-state index in [9.17, 15) is 0 Å². The summed E-state index contributed by atoms with van der Waals surface area (Å²) in [6, 6.07) is 18.7. The van der Waals surface area contributed by atoms with Crippen molar-refractivity contribution < 1.29 is 9.47 Å². The van der Waals surface area contributed by atoms with E-state index in [1.807, 2.05) is 18.2 Å². The highest BCUT2D eigenvalue weighted by molar-refractivity contribution is 5.60. The lowest BCUT2D eigenvalue weighted by Crippen LogP contribution is -2.23. The van der Waals surface area contributed by atoms with Crippen molar-refractivity contribution >= 4 is 5.69 Å². The van der Waals surface area contributed by atoms with Gasteiger partial charge < -0.3 is 18.9 Å². The average Bonchev–Trinajstić information content (AvgIpc) is 3.30. The van der Waals surface area contributed by atoms with Crippen molar-refractivity contribution in [2.45, 2.75) is 13.2 Å². The molecule has 3 aromatic rings. The van der Waals surface area contributed by atoms with Gasteiger partial charge in [-0.05, 0) is 42.8 Å². The summed E-state index contributed by atoms with van der Waals surface area (Å²) in [4.78, 5) is 2.26. The SMILES string of the molecule is COc1ccccc1N1CCO[C@H]1c1ccn(-c2cccc(C)c2)c1. The van der Waals surface area contributed by atoms with Crippen LogP contribution in [0, 0.1) is 6.92 Å². The van der Waals surface area contributed by atoms with Crippen molar-refractivity contribution in [2.75, 3.05) is 25.2 Å². The number of ether oxygens (including phenoxy) is 2. The second-order valence-corrected chi connectivity index (χ2v) is 6.28. The first-order valence-electron chi connectivity index (χ1n) is 8.52. The summed E-state index contributed by atoms with van der Waals surface area (Å²) in [7, 11) is 1.71. The predicted molar refractivity (Wildman–Crippen MR) is 99.5 cm³/mol. The molecule has 0 bridgehead atoms. The number of aromatic nitrogens is 1. The standard InChI is InChI=1S/C21H22N2O2/c1-16-6-5-7-18(14-16)22-11-10-17(15-22)21-23(12-13-25-21)19-8-3-4-9-20(19)24-2/h3-11,14-15,21H,12-13H2,1-2H3/t21-/m0/s1. The third kappa shape index (κ3) is 3.01. The van der Waals surface area contributed by atoms with E-state index in [1.54, 1.807) is 7.11 Å². The Morgan fingerprint density at radius 3 is 2.80 bits per heavy atom. The third-order valence-electron chi connectivity index (χ3n) is 4.59. The van der Waals surface area contributed by atoms with Gasteiger partial charge in [0.2, 0.25) is 0 Å². The highest BCUT2D eigenvalue weighted by Gasteiger charge is 2.29. The summed E-state index contributed by atoms with van der Waals surface area (Å²) in [5.74, 6) is 0.871. The number of benzene rings is 2. The van der Waals surface area contributed by atoms with Crippen molar-refractivity contribution in [2.24, 2.45) is 0 Å². The minimum atomic E-state index is -0.0950. The Morgan fingerprint density at radius 1 is 1.08 bits per heavy atom. The van der Waals surface area contributed by atoms with E-state index >= 15 is 0 Å². The zero-order valence-corrected chi connectivity index (χ0v) is 14.6. The topological polar surface area (TPSA) is 26.6 Å². The summed E-state index contributed by atoms with van der Waals surface area (Å²) >= 11 is 0. The molecule has 1 aromatic heterocycles. The van der Waals surface area contributed by atoms with E-state index in [0.717, 1.165) is 29.2 Å². The van der Waals surface area contributed by atoms with Crippen molar-refractivity contribution in [1.29, 1.82) is 0 Å². The lowest BCUT2D eigenvalue weighted by molar-refractivity contribution is 0.113. The largest absolute Gasteiger partial charge is 0.495 e. The second-order valence-electron chi connectivity index (χ2n) is 6.28. The van der Waals surface area contributed by atoms with Gasteiger partial charge in [-0.25, -0.2) is 0 Å². The molecule has 1 fully saturated rings. The van der Waals surface area contributed by atoms with E-state index in [4.69, 9.17) is 9.47 Å². The smallest absolute Gasteiger partial charge is 0.158 e. The molecule has 128 valence electrons. The van der Waals surface area contributed by atoms with E-state index in [0.29, 0.717) is 6.61 Å². The lowest BCUT2D eigenvalue weighted by Gasteiger charge is -2.26. The number of anilines is 1. The monoisotopic (exact) mass is 334 g/mol. The Labute approximate surface area is 148 Å². The van der Waals surface area contributed by atoms with E-state index in [-0.39, 0.29) is 6.23 Å². The fourth-order valence-corrected chi connectivity index (χ4v) is 3.37. The molecular formula is C21H22N2O2. The first-order chi connectivity index (χ1) is 12.3. The molecule has 0 unspecified atom stereocenters. The van der Waals surface area contributed by atoms with Crippen LogP contribution < -0.4 is 9.64 Å². The van der Waals surface area contributed by atoms with Crippen LogP contribution in [0.2, 0.25) is 0 Å². The van der Waals surface area contributed by atoms with Crippen LogP contribution in [0.15, 0.2) is 67.0 Å². The Kier molecular flexibility index (Phi) is 4.20. The fraction of sp³-hybridized carbons (Fsp3) is 0.238. The zero-order chi connectivity index (χ0) is 17.2. The van der Waals surface area contributed by atoms with Crippen molar-refractivity contribution in [3.05, 3.63) is 78.1 Å². The first-order valence-corrected chi connectivity index (χ1v) is 8.52. The first kappa shape index (κ1) is 15.8. The molecule has 0 spiro atoms. The minimum Gasteiger partial charge on any atom is -0.495 e.